The molecule has 1 N–H and O–H groups in total. The minimum Gasteiger partial charge on any atom is -0.496 e. The lowest BCUT2D eigenvalue weighted by atomic mass is 9.79. The van der Waals surface area contributed by atoms with Gasteiger partial charge in [-0.15, -0.1) is 0 Å². The van der Waals surface area contributed by atoms with Gasteiger partial charge in [0.15, 0.2) is 12.1 Å². The third-order valence-corrected chi connectivity index (χ3v) is 5.16. The molecule has 0 spiro atoms. The van der Waals surface area contributed by atoms with Gasteiger partial charge in [0.1, 0.15) is 11.9 Å². The van der Waals surface area contributed by atoms with Gasteiger partial charge in [-0.2, -0.15) is 0 Å². The first-order valence-corrected chi connectivity index (χ1v) is 8.67. The summed E-state index contributed by atoms with van der Waals surface area (Å²) in [7, 11) is 3.24. The maximum Gasteiger partial charge on any atom is 0.185 e. The summed E-state index contributed by atoms with van der Waals surface area (Å²) >= 11 is 0. The van der Waals surface area contributed by atoms with Crippen molar-refractivity contribution < 1.29 is 24.1 Å². The van der Waals surface area contributed by atoms with Crippen molar-refractivity contribution in [3.8, 4) is 5.75 Å². The van der Waals surface area contributed by atoms with Gasteiger partial charge in [0, 0.05) is 36.6 Å². The van der Waals surface area contributed by atoms with Crippen LogP contribution in [0.15, 0.2) is 36.4 Å². The van der Waals surface area contributed by atoms with Crippen molar-refractivity contribution >= 4 is 5.78 Å². The number of rotatable bonds is 3. The fraction of sp³-hybridized carbons (Fsp3) is 0.381. The highest BCUT2D eigenvalue weighted by molar-refractivity contribution is 5.99. The first-order valence-electron chi connectivity index (χ1n) is 8.67. The molecule has 3 atom stereocenters. The van der Waals surface area contributed by atoms with Crippen molar-refractivity contribution in [1.82, 2.24) is 0 Å². The van der Waals surface area contributed by atoms with E-state index in [1.54, 1.807) is 21.1 Å². The van der Waals surface area contributed by atoms with Gasteiger partial charge in [0.25, 0.3) is 0 Å². The first-order chi connectivity index (χ1) is 12.4. The smallest absolute Gasteiger partial charge is 0.185 e. The number of carbonyl (C=O) groups excluding carboxylic acids is 1. The third-order valence-electron chi connectivity index (χ3n) is 5.16. The molecule has 26 heavy (non-hydrogen) atoms. The molecule has 0 aromatic heterocycles. The maximum atomic E-state index is 12.5. The number of hydrogen-bond donors (Lipinski definition) is 1. The zero-order valence-electron chi connectivity index (χ0n) is 15.1. The highest BCUT2D eigenvalue weighted by Gasteiger charge is 2.37. The average molecular weight is 354 g/mol. The summed E-state index contributed by atoms with van der Waals surface area (Å²) in [4.78, 5) is 12.5. The first kappa shape index (κ1) is 17.2. The van der Waals surface area contributed by atoms with E-state index in [0.717, 1.165) is 28.0 Å². The molecule has 0 saturated heterocycles. The molecule has 1 aliphatic heterocycles. The molecule has 4 rings (SSSR count). The van der Waals surface area contributed by atoms with Gasteiger partial charge >= 0.3 is 0 Å². The summed E-state index contributed by atoms with van der Waals surface area (Å²) < 4.78 is 17.1. The summed E-state index contributed by atoms with van der Waals surface area (Å²) in [5.41, 5.74) is 3.29. The number of ether oxygens (including phenoxy) is 3. The second-order valence-corrected chi connectivity index (χ2v) is 7.24. The van der Waals surface area contributed by atoms with E-state index < -0.39 is 11.9 Å². The molecule has 2 aromatic rings. The molecule has 0 unspecified atom stereocenters. The van der Waals surface area contributed by atoms with E-state index in [1.165, 1.54) is 0 Å². The maximum absolute atomic E-state index is 12.5. The normalized spacial score (nSPS) is 27.2. The fourth-order valence-corrected chi connectivity index (χ4v) is 4.00. The van der Waals surface area contributed by atoms with Crippen LogP contribution in [-0.4, -0.2) is 30.7 Å². The van der Waals surface area contributed by atoms with Gasteiger partial charge < -0.3 is 19.3 Å². The Morgan fingerprint density at radius 2 is 2.00 bits per heavy atom. The molecule has 2 aliphatic rings. The second kappa shape index (κ2) is 6.20. The van der Waals surface area contributed by atoms with Crippen LogP contribution in [0.3, 0.4) is 0 Å². The number of aliphatic hydroxyl groups is 1. The molecule has 0 saturated carbocycles. The fourth-order valence-electron chi connectivity index (χ4n) is 4.00. The summed E-state index contributed by atoms with van der Waals surface area (Å²) in [6.07, 6.45) is -0.236. The van der Waals surface area contributed by atoms with Crippen LogP contribution in [0.2, 0.25) is 0 Å². The summed E-state index contributed by atoms with van der Waals surface area (Å²) in [5, 5.41) is 10.3. The van der Waals surface area contributed by atoms with Crippen LogP contribution in [0.4, 0.5) is 0 Å². The number of hydrogen-bond acceptors (Lipinski definition) is 5. The molecular weight excluding hydrogens is 332 g/mol. The predicted molar refractivity (Wildman–Crippen MR) is 95.4 cm³/mol. The van der Waals surface area contributed by atoms with E-state index in [-0.39, 0.29) is 18.3 Å². The Kier molecular flexibility index (Phi) is 4.10. The standard InChI is InChI=1S/C21H22O5/c1-21(23)10-13-8-7-12(9-15(13)16(22)11-21)19-18-14(20(25-3)26-19)5-4-6-17(18)24-2/h4-9,19-20,23H,10-11H2,1-3H3/t19-,20+,21+/m0/s1. The molecule has 0 fully saturated rings. The largest absolute Gasteiger partial charge is 0.496 e. The molecule has 1 heterocycles. The molecule has 0 radical (unpaired) electrons. The highest BCUT2D eigenvalue weighted by Crippen LogP contribution is 2.47. The van der Waals surface area contributed by atoms with Crippen LogP contribution in [0, 0.1) is 0 Å². The molecule has 5 heteroatoms. The second-order valence-electron chi connectivity index (χ2n) is 7.24. The van der Waals surface area contributed by atoms with Crippen LogP contribution in [-0.2, 0) is 15.9 Å². The predicted octanol–water partition coefficient (Wildman–Crippen LogP) is 3.34. The van der Waals surface area contributed by atoms with E-state index in [2.05, 4.69) is 0 Å². The molecular formula is C21H22O5. The van der Waals surface area contributed by atoms with Crippen molar-refractivity contribution in [2.45, 2.75) is 37.8 Å². The SMILES string of the molecule is COc1cccc2c1[C@H](c1ccc3c(c1)C(=O)C[C@](C)(O)C3)O[C@H]2OC. The Bertz CT molecular complexity index is 871. The quantitative estimate of drug-likeness (QED) is 0.916. The van der Waals surface area contributed by atoms with E-state index in [1.807, 2.05) is 36.4 Å². The summed E-state index contributed by atoms with van der Waals surface area (Å²) in [6.45, 7) is 1.70. The molecule has 2 aromatic carbocycles. The van der Waals surface area contributed by atoms with Crippen molar-refractivity contribution in [2.75, 3.05) is 14.2 Å². The Balaban J connectivity index is 1.79. The lowest BCUT2D eigenvalue weighted by Crippen LogP contribution is -2.35. The number of ketones is 1. The Morgan fingerprint density at radius 3 is 2.73 bits per heavy atom. The van der Waals surface area contributed by atoms with Gasteiger partial charge in [-0.3, -0.25) is 4.79 Å². The van der Waals surface area contributed by atoms with Gasteiger partial charge in [-0.05, 0) is 30.2 Å². The van der Waals surface area contributed by atoms with Gasteiger partial charge in [0.2, 0.25) is 0 Å². The van der Waals surface area contributed by atoms with Gasteiger partial charge in [-0.1, -0.05) is 24.3 Å². The van der Waals surface area contributed by atoms with Crippen LogP contribution in [0.25, 0.3) is 0 Å². The van der Waals surface area contributed by atoms with E-state index >= 15 is 0 Å². The van der Waals surface area contributed by atoms with E-state index in [0.29, 0.717) is 12.0 Å². The third kappa shape index (κ3) is 2.72. The Hall–Kier alpha value is -2.21. The van der Waals surface area contributed by atoms with Crippen LogP contribution < -0.4 is 4.74 Å². The Labute approximate surface area is 152 Å². The molecule has 5 nitrogen and oxygen atoms in total. The van der Waals surface area contributed by atoms with E-state index in [9.17, 15) is 9.90 Å². The summed E-state index contributed by atoms with van der Waals surface area (Å²) in [5.74, 6) is 0.693. The van der Waals surface area contributed by atoms with Crippen LogP contribution in [0.1, 0.15) is 58.4 Å². The minimum atomic E-state index is -0.980. The highest BCUT2D eigenvalue weighted by atomic mass is 16.7. The Morgan fingerprint density at radius 1 is 1.19 bits per heavy atom. The molecule has 0 bridgehead atoms. The van der Waals surface area contributed by atoms with Crippen LogP contribution in [0.5, 0.6) is 5.75 Å². The van der Waals surface area contributed by atoms with Gasteiger partial charge in [0.05, 0.1) is 12.7 Å². The number of fused-ring (bicyclic) bond motifs is 2. The lowest BCUT2D eigenvalue weighted by molar-refractivity contribution is -0.132. The molecule has 1 aliphatic carbocycles. The molecule has 136 valence electrons. The van der Waals surface area contributed by atoms with Crippen LogP contribution >= 0.6 is 0 Å². The average Bonchev–Trinajstić information content (AvgIpc) is 2.99. The minimum absolute atomic E-state index is 0.0420. The van der Waals surface area contributed by atoms with Crippen molar-refractivity contribution in [1.29, 1.82) is 0 Å². The van der Waals surface area contributed by atoms with Gasteiger partial charge in [-0.25, -0.2) is 0 Å². The topological polar surface area (TPSA) is 65.0 Å². The van der Waals surface area contributed by atoms with Crippen molar-refractivity contribution in [3.05, 3.63) is 64.2 Å². The zero-order valence-corrected chi connectivity index (χ0v) is 15.1. The monoisotopic (exact) mass is 354 g/mol. The molecule has 0 amide bonds. The zero-order chi connectivity index (χ0) is 18.5. The van der Waals surface area contributed by atoms with Crippen molar-refractivity contribution in [2.24, 2.45) is 0 Å². The number of methoxy groups -OCH3 is 2. The lowest BCUT2D eigenvalue weighted by Gasteiger charge is -2.29. The summed E-state index contributed by atoms with van der Waals surface area (Å²) in [6, 6.07) is 11.5. The number of Topliss-reactive ketones (excluding diaryl/α,β-unsaturated/α-hetero) is 1. The van der Waals surface area contributed by atoms with E-state index in [4.69, 9.17) is 14.2 Å². The van der Waals surface area contributed by atoms with Crippen molar-refractivity contribution in [3.63, 3.8) is 0 Å². The number of benzene rings is 2. The number of carbonyl (C=O) groups is 1.